The van der Waals surface area contributed by atoms with Gasteiger partial charge >= 0.3 is 0 Å². The van der Waals surface area contributed by atoms with Gasteiger partial charge in [-0.15, -0.1) is 0 Å². The van der Waals surface area contributed by atoms with Gasteiger partial charge in [-0.3, -0.25) is 4.79 Å². The summed E-state index contributed by atoms with van der Waals surface area (Å²) in [4.78, 5) is 15.0. The van der Waals surface area contributed by atoms with Crippen molar-refractivity contribution in [1.29, 1.82) is 0 Å². The van der Waals surface area contributed by atoms with Gasteiger partial charge in [0.15, 0.2) is 5.78 Å². The van der Waals surface area contributed by atoms with Crippen LogP contribution in [0.2, 0.25) is 0 Å². The molecule has 0 unspecified atom stereocenters. The number of allylic oxidation sites excluding steroid dienone is 1. The maximum atomic E-state index is 12.7. The summed E-state index contributed by atoms with van der Waals surface area (Å²) in [6.07, 6.45) is 2.26. The Hall–Kier alpha value is -2.35. The van der Waals surface area contributed by atoms with Crippen LogP contribution in [-0.2, 0) is 0 Å². The summed E-state index contributed by atoms with van der Waals surface area (Å²) < 4.78 is 0. The van der Waals surface area contributed by atoms with E-state index < -0.39 is 0 Å². The fourth-order valence-corrected chi connectivity index (χ4v) is 3.45. The van der Waals surface area contributed by atoms with Gasteiger partial charge in [0, 0.05) is 16.8 Å². The molecule has 0 aliphatic carbocycles. The molecule has 0 spiro atoms. The minimum absolute atomic E-state index is 0.154. The fourth-order valence-electron chi connectivity index (χ4n) is 3.45. The summed E-state index contributed by atoms with van der Waals surface area (Å²) in [7, 11) is 0. The largest absolute Gasteiger partial charge is 0.355 e. The first-order valence-electron chi connectivity index (χ1n) is 8.05. The van der Waals surface area contributed by atoms with Crippen molar-refractivity contribution >= 4 is 17.0 Å². The van der Waals surface area contributed by atoms with Gasteiger partial charge in [-0.05, 0) is 38.8 Å². The number of carbonyl (C=O) groups is 1. The van der Waals surface area contributed by atoms with Gasteiger partial charge in [0.05, 0.1) is 12.1 Å². The van der Waals surface area contributed by atoms with E-state index >= 15 is 0 Å². The number of hydrogen-bond donors (Lipinski definition) is 0. The number of nitrogens with zero attached hydrogens (tertiary/aromatic N) is 1. The van der Waals surface area contributed by atoms with E-state index in [4.69, 9.17) is 0 Å². The van der Waals surface area contributed by atoms with Crippen LogP contribution in [0.15, 0.2) is 54.6 Å². The first kappa shape index (κ1) is 15.5. The normalized spacial score (nSPS) is 15.8. The topological polar surface area (TPSA) is 20.3 Å². The van der Waals surface area contributed by atoms with E-state index in [0.717, 1.165) is 5.56 Å². The molecule has 3 rings (SSSR count). The highest BCUT2D eigenvalue weighted by Crippen LogP contribution is 2.40. The standard InChI is InChI=1S/C21H23NO/c1-15-9-8-12-18-16(2)13-21(3,4)22(20(15)18)14-19(23)17-10-6-5-7-11-17/h5-13H,14H2,1-4H3. The van der Waals surface area contributed by atoms with Gasteiger partial charge < -0.3 is 4.90 Å². The third kappa shape index (κ3) is 2.81. The van der Waals surface area contributed by atoms with Crippen molar-refractivity contribution in [2.24, 2.45) is 0 Å². The maximum absolute atomic E-state index is 12.7. The van der Waals surface area contributed by atoms with Crippen molar-refractivity contribution in [2.45, 2.75) is 33.2 Å². The Kier molecular flexibility index (Phi) is 3.85. The molecule has 1 heterocycles. The van der Waals surface area contributed by atoms with Crippen molar-refractivity contribution in [3.8, 4) is 0 Å². The van der Waals surface area contributed by atoms with Crippen molar-refractivity contribution in [1.82, 2.24) is 0 Å². The highest BCUT2D eigenvalue weighted by molar-refractivity contribution is 6.00. The predicted molar refractivity (Wildman–Crippen MR) is 97.0 cm³/mol. The Labute approximate surface area is 138 Å². The maximum Gasteiger partial charge on any atom is 0.182 e. The number of fused-ring (bicyclic) bond motifs is 1. The average molecular weight is 305 g/mol. The summed E-state index contributed by atoms with van der Waals surface area (Å²) in [6, 6.07) is 15.9. The van der Waals surface area contributed by atoms with Gasteiger partial charge in [-0.1, -0.05) is 54.6 Å². The van der Waals surface area contributed by atoms with E-state index in [1.165, 1.54) is 22.4 Å². The smallest absolute Gasteiger partial charge is 0.182 e. The number of rotatable bonds is 3. The Morgan fingerprint density at radius 2 is 1.70 bits per heavy atom. The summed E-state index contributed by atoms with van der Waals surface area (Å²) in [6.45, 7) is 9.00. The number of aryl methyl sites for hydroxylation is 1. The lowest BCUT2D eigenvalue weighted by molar-refractivity contribution is 0.0995. The molecule has 0 saturated heterocycles. The van der Waals surface area contributed by atoms with Crippen LogP contribution in [0.1, 0.15) is 42.3 Å². The fraction of sp³-hybridized carbons (Fsp3) is 0.286. The molecular weight excluding hydrogens is 282 g/mol. The second kappa shape index (κ2) is 5.69. The minimum atomic E-state index is -0.187. The van der Waals surface area contributed by atoms with Crippen LogP contribution in [-0.4, -0.2) is 17.9 Å². The highest BCUT2D eigenvalue weighted by atomic mass is 16.1. The minimum Gasteiger partial charge on any atom is -0.355 e. The molecule has 23 heavy (non-hydrogen) atoms. The number of para-hydroxylation sites is 1. The van der Waals surface area contributed by atoms with Crippen LogP contribution in [0.4, 0.5) is 5.69 Å². The SMILES string of the molecule is CC1=CC(C)(C)N(CC(=O)c2ccccc2)c2c(C)cccc21. The van der Waals surface area contributed by atoms with Crippen LogP contribution < -0.4 is 4.90 Å². The Morgan fingerprint density at radius 3 is 2.39 bits per heavy atom. The molecule has 0 atom stereocenters. The number of carbonyl (C=O) groups excluding carboxylic acids is 1. The lowest BCUT2D eigenvalue weighted by Crippen LogP contribution is -2.48. The van der Waals surface area contributed by atoms with E-state index in [9.17, 15) is 4.79 Å². The molecule has 1 aliphatic heterocycles. The number of hydrogen-bond acceptors (Lipinski definition) is 2. The monoisotopic (exact) mass is 305 g/mol. The summed E-state index contributed by atoms with van der Waals surface area (Å²) >= 11 is 0. The number of benzene rings is 2. The molecule has 1 aliphatic rings. The lowest BCUT2D eigenvalue weighted by atomic mass is 9.87. The van der Waals surface area contributed by atoms with Crippen LogP contribution in [0.5, 0.6) is 0 Å². The summed E-state index contributed by atoms with van der Waals surface area (Å²) in [5.41, 5.74) is 5.48. The van der Waals surface area contributed by atoms with Gasteiger partial charge in [0.1, 0.15) is 0 Å². The van der Waals surface area contributed by atoms with E-state index in [2.05, 4.69) is 56.9 Å². The molecule has 118 valence electrons. The Morgan fingerprint density at radius 1 is 1.00 bits per heavy atom. The Bertz CT molecular complexity index is 772. The second-order valence-electron chi connectivity index (χ2n) is 6.83. The quantitative estimate of drug-likeness (QED) is 0.753. The number of ketones is 1. The summed E-state index contributed by atoms with van der Waals surface area (Å²) in [5, 5.41) is 0. The molecule has 0 amide bonds. The highest BCUT2D eigenvalue weighted by Gasteiger charge is 2.33. The van der Waals surface area contributed by atoms with Crippen molar-refractivity contribution in [3.05, 3.63) is 71.3 Å². The molecule has 0 fully saturated rings. The van der Waals surface area contributed by atoms with Crippen LogP contribution >= 0.6 is 0 Å². The van der Waals surface area contributed by atoms with Crippen LogP contribution in [0.3, 0.4) is 0 Å². The molecule has 0 bridgehead atoms. The first-order valence-corrected chi connectivity index (χ1v) is 8.05. The third-order valence-corrected chi connectivity index (χ3v) is 4.60. The lowest BCUT2D eigenvalue weighted by Gasteiger charge is -2.43. The van der Waals surface area contributed by atoms with Crippen molar-refractivity contribution in [3.63, 3.8) is 0 Å². The molecule has 2 nitrogen and oxygen atoms in total. The third-order valence-electron chi connectivity index (χ3n) is 4.60. The molecule has 2 aromatic carbocycles. The van der Waals surface area contributed by atoms with E-state index in [0.29, 0.717) is 6.54 Å². The van der Waals surface area contributed by atoms with Crippen LogP contribution in [0, 0.1) is 6.92 Å². The molecule has 0 aromatic heterocycles. The van der Waals surface area contributed by atoms with Gasteiger partial charge in [0.25, 0.3) is 0 Å². The average Bonchev–Trinajstić information content (AvgIpc) is 2.52. The Balaban J connectivity index is 2.03. The molecule has 2 aromatic rings. The molecular formula is C21H23NO. The van der Waals surface area contributed by atoms with Gasteiger partial charge in [-0.2, -0.15) is 0 Å². The van der Waals surface area contributed by atoms with E-state index in [1.54, 1.807) is 0 Å². The summed E-state index contributed by atoms with van der Waals surface area (Å²) in [5.74, 6) is 0.154. The van der Waals surface area contributed by atoms with Crippen molar-refractivity contribution < 1.29 is 4.79 Å². The predicted octanol–water partition coefficient (Wildman–Crippen LogP) is 4.88. The number of anilines is 1. The van der Waals surface area contributed by atoms with Crippen molar-refractivity contribution in [2.75, 3.05) is 11.4 Å². The van der Waals surface area contributed by atoms with E-state index in [-0.39, 0.29) is 11.3 Å². The van der Waals surface area contributed by atoms with E-state index in [1.807, 2.05) is 30.3 Å². The zero-order chi connectivity index (χ0) is 16.6. The molecule has 0 radical (unpaired) electrons. The second-order valence-corrected chi connectivity index (χ2v) is 6.83. The zero-order valence-corrected chi connectivity index (χ0v) is 14.3. The molecule has 0 N–H and O–H groups in total. The zero-order valence-electron chi connectivity index (χ0n) is 14.3. The molecule has 2 heteroatoms. The van der Waals surface area contributed by atoms with Gasteiger partial charge in [0.2, 0.25) is 0 Å². The first-order chi connectivity index (χ1) is 10.9. The molecule has 0 saturated carbocycles. The van der Waals surface area contributed by atoms with Gasteiger partial charge in [-0.25, -0.2) is 0 Å². The number of Topliss-reactive ketones (excluding diaryl/α,β-unsaturated/α-hetero) is 1. The van der Waals surface area contributed by atoms with Crippen LogP contribution in [0.25, 0.3) is 5.57 Å².